The molecule has 0 spiro atoms. The Balaban J connectivity index is 0.967. The summed E-state index contributed by atoms with van der Waals surface area (Å²) in [5.74, 6) is 2.72. The Morgan fingerprint density at radius 2 is 1.56 bits per heavy atom. The van der Waals surface area contributed by atoms with Gasteiger partial charge >= 0.3 is 0 Å². The second-order valence-corrected chi connectivity index (χ2v) is 12.7. The topological polar surface area (TPSA) is 121 Å². The molecule has 3 aromatic carbocycles. The van der Waals surface area contributed by atoms with Gasteiger partial charge in [0.25, 0.3) is 0 Å². The third-order valence-corrected chi connectivity index (χ3v) is 9.60. The van der Waals surface area contributed by atoms with Crippen molar-refractivity contribution < 1.29 is 5.11 Å². The maximum absolute atomic E-state index is 10.5. The number of aromatic nitrogens is 8. The number of H-pyrrole nitrogens is 1. The van der Waals surface area contributed by atoms with Crippen LogP contribution >= 0.6 is 0 Å². The molecule has 1 saturated heterocycles. The minimum atomic E-state index is 0.162. The smallest absolute Gasteiger partial charge is 0.199 e. The molecule has 2 N–H and O–H groups in total. The molecule has 50 heavy (non-hydrogen) atoms. The Bertz CT molecular complexity index is 2430. The average Bonchev–Trinajstić information content (AvgIpc) is 3.85. The minimum absolute atomic E-state index is 0.162. The molecule has 1 aliphatic rings. The van der Waals surface area contributed by atoms with E-state index in [1.807, 2.05) is 65.2 Å². The van der Waals surface area contributed by atoms with Gasteiger partial charge < -0.3 is 5.11 Å². The van der Waals surface area contributed by atoms with Gasteiger partial charge in [0.1, 0.15) is 17.3 Å². The van der Waals surface area contributed by atoms with E-state index < -0.39 is 0 Å². The third-order valence-electron chi connectivity index (χ3n) is 9.60. The van der Waals surface area contributed by atoms with Crippen LogP contribution in [0.4, 0.5) is 0 Å². The molecule has 10 heteroatoms. The molecular formula is C40H33N9O. The van der Waals surface area contributed by atoms with E-state index in [4.69, 9.17) is 9.97 Å². The maximum atomic E-state index is 10.5. The Morgan fingerprint density at radius 3 is 2.36 bits per heavy atom. The highest BCUT2D eigenvalue weighted by Crippen LogP contribution is 2.36. The van der Waals surface area contributed by atoms with Crippen LogP contribution in [0.5, 0.6) is 5.75 Å². The van der Waals surface area contributed by atoms with Gasteiger partial charge in [0.05, 0.1) is 16.8 Å². The van der Waals surface area contributed by atoms with Crippen LogP contribution < -0.4 is 0 Å². The minimum Gasteiger partial charge on any atom is -0.507 e. The van der Waals surface area contributed by atoms with Crippen molar-refractivity contribution in [2.45, 2.75) is 25.3 Å². The highest BCUT2D eigenvalue weighted by Gasteiger charge is 2.24. The van der Waals surface area contributed by atoms with E-state index in [2.05, 4.69) is 72.7 Å². The number of hydrogen-bond acceptors (Lipinski definition) is 8. The number of nitrogens with zero attached hydrogens (tertiary/aromatic N) is 8. The van der Waals surface area contributed by atoms with Crippen LogP contribution in [-0.2, 0) is 6.54 Å². The van der Waals surface area contributed by atoms with E-state index >= 15 is 0 Å². The van der Waals surface area contributed by atoms with E-state index in [0.29, 0.717) is 28.8 Å². The Hall–Kier alpha value is -6.26. The number of fused-ring (bicyclic) bond motifs is 3. The summed E-state index contributed by atoms with van der Waals surface area (Å²) in [6, 6.07) is 36.3. The Morgan fingerprint density at radius 1 is 0.760 bits per heavy atom. The second-order valence-electron chi connectivity index (χ2n) is 12.7. The molecule has 9 rings (SSSR count). The van der Waals surface area contributed by atoms with Crippen molar-refractivity contribution in [1.82, 2.24) is 44.6 Å². The first kappa shape index (κ1) is 29.8. The molecule has 0 aliphatic carbocycles. The zero-order valence-corrected chi connectivity index (χ0v) is 27.2. The van der Waals surface area contributed by atoms with Crippen molar-refractivity contribution in [1.29, 1.82) is 0 Å². The molecule has 0 amide bonds. The van der Waals surface area contributed by atoms with Crippen LogP contribution in [0.2, 0.25) is 0 Å². The number of phenols is 1. The van der Waals surface area contributed by atoms with E-state index in [9.17, 15) is 5.11 Å². The first-order valence-corrected chi connectivity index (χ1v) is 16.9. The first-order chi connectivity index (χ1) is 24.7. The van der Waals surface area contributed by atoms with Crippen LogP contribution in [0.1, 0.15) is 30.1 Å². The second kappa shape index (κ2) is 12.6. The molecule has 244 valence electrons. The standard InChI is InChI=1S/C40H33N9O/c50-35-12-5-4-10-30(35)39-46-47-40-32-24-31(27-8-2-1-3-9-27)36(42-33(32)19-23-49(39)40)28-15-13-26(14-16-28)25-48-21-17-29(18-22-48)37-43-38(45-44-37)34-11-6-7-20-41-34/h1-16,19-20,23-24,29,50H,17-18,21-22,25H2,(H,43,44,45). The summed E-state index contributed by atoms with van der Waals surface area (Å²) < 4.78 is 1.91. The Kier molecular flexibility index (Phi) is 7.55. The predicted octanol–water partition coefficient (Wildman–Crippen LogP) is 7.54. The predicted molar refractivity (Wildman–Crippen MR) is 193 cm³/mol. The highest BCUT2D eigenvalue weighted by molar-refractivity contribution is 5.98. The van der Waals surface area contributed by atoms with Crippen LogP contribution in [0.3, 0.4) is 0 Å². The van der Waals surface area contributed by atoms with E-state index in [-0.39, 0.29) is 5.75 Å². The number of phenolic OH excluding ortho intramolecular Hbond substituents is 1. The number of benzene rings is 3. The van der Waals surface area contributed by atoms with Crippen LogP contribution in [-0.4, -0.2) is 62.8 Å². The lowest BCUT2D eigenvalue weighted by Crippen LogP contribution is -2.32. The summed E-state index contributed by atoms with van der Waals surface area (Å²) in [5.41, 5.74) is 8.27. The molecule has 8 aromatic rings. The SMILES string of the molecule is Oc1ccccc1-c1nnc2c3cc(-c4ccccc4)c(-c4ccc(CN5CCC(c6nc(-c7ccccn7)n[nH]6)CC5)cc4)nc3ccn12. The number of piperidine rings is 1. The molecule has 1 fully saturated rings. The van der Waals surface area contributed by atoms with Gasteiger partial charge in [0, 0.05) is 41.4 Å². The fourth-order valence-electron chi connectivity index (χ4n) is 6.96. The normalized spacial score (nSPS) is 14.1. The van der Waals surface area contributed by atoms with Crippen molar-refractivity contribution in [3.8, 4) is 51.0 Å². The average molecular weight is 656 g/mol. The zero-order chi connectivity index (χ0) is 33.4. The van der Waals surface area contributed by atoms with Gasteiger partial charge in [-0.15, -0.1) is 10.2 Å². The summed E-state index contributed by atoms with van der Waals surface area (Å²) in [6.07, 6.45) is 5.75. The summed E-state index contributed by atoms with van der Waals surface area (Å²) in [4.78, 5) is 16.9. The quantitative estimate of drug-likeness (QED) is 0.181. The largest absolute Gasteiger partial charge is 0.507 e. The molecule has 10 nitrogen and oxygen atoms in total. The first-order valence-electron chi connectivity index (χ1n) is 16.9. The third kappa shape index (κ3) is 5.55. The summed E-state index contributed by atoms with van der Waals surface area (Å²) in [7, 11) is 0. The number of para-hydroxylation sites is 1. The number of nitrogens with one attached hydrogen (secondary N) is 1. The number of likely N-dealkylation sites (tertiary alicyclic amines) is 1. The highest BCUT2D eigenvalue weighted by atomic mass is 16.3. The molecule has 1 aliphatic heterocycles. The van der Waals surface area contributed by atoms with Crippen molar-refractivity contribution in [2.24, 2.45) is 0 Å². The lowest BCUT2D eigenvalue weighted by Gasteiger charge is -2.31. The maximum Gasteiger partial charge on any atom is 0.199 e. The molecule has 0 radical (unpaired) electrons. The van der Waals surface area contributed by atoms with Gasteiger partial charge in [-0.3, -0.25) is 19.4 Å². The molecule has 5 aromatic heterocycles. The molecule has 0 atom stereocenters. The fraction of sp³-hybridized carbons (Fsp3) is 0.150. The van der Waals surface area contributed by atoms with Crippen LogP contribution in [0.15, 0.2) is 122 Å². The number of aromatic amines is 1. The monoisotopic (exact) mass is 655 g/mol. The zero-order valence-electron chi connectivity index (χ0n) is 27.2. The molecular weight excluding hydrogens is 623 g/mol. The number of aromatic hydroxyl groups is 1. The summed E-state index contributed by atoms with van der Waals surface area (Å²) >= 11 is 0. The Labute approximate surface area is 288 Å². The van der Waals surface area contributed by atoms with E-state index in [0.717, 1.165) is 77.3 Å². The van der Waals surface area contributed by atoms with Crippen molar-refractivity contribution in [3.05, 3.63) is 133 Å². The van der Waals surface area contributed by atoms with Crippen LogP contribution in [0, 0.1) is 0 Å². The van der Waals surface area contributed by atoms with E-state index in [1.54, 1.807) is 18.3 Å². The van der Waals surface area contributed by atoms with E-state index in [1.165, 1.54) is 5.56 Å². The van der Waals surface area contributed by atoms with Crippen molar-refractivity contribution in [3.63, 3.8) is 0 Å². The summed E-state index contributed by atoms with van der Waals surface area (Å²) in [6.45, 7) is 2.89. The van der Waals surface area contributed by atoms with Gasteiger partial charge in [-0.05, 0) is 73.5 Å². The van der Waals surface area contributed by atoms with Gasteiger partial charge in [-0.2, -0.15) is 5.10 Å². The lowest BCUT2D eigenvalue weighted by molar-refractivity contribution is 0.202. The van der Waals surface area contributed by atoms with Gasteiger partial charge in [0.15, 0.2) is 17.3 Å². The van der Waals surface area contributed by atoms with Crippen LogP contribution in [0.25, 0.3) is 61.8 Å². The molecule has 0 saturated carbocycles. The molecule has 0 unspecified atom stereocenters. The van der Waals surface area contributed by atoms with Gasteiger partial charge in [-0.25, -0.2) is 9.97 Å². The van der Waals surface area contributed by atoms with Crippen molar-refractivity contribution in [2.75, 3.05) is 13.1 Å². The van der Waals surface area contributed by atoms with Crippen molar-refractivity contribution >= 4 is 16.6 Å². The lowest BCUT2D eigenvalue weighted by atomic mass is 9.95. The van der Waals surface area contributed by atoms with Gasteiger partial charge in [0.2, 0.25) is 0 Å². The molecule has 6 heterocycles. The fourth-order valence-corrected chi connectivity index (χ4v) is 6.96. The number of hydrogen-bond donors (Lipinski definition) is 2. The molecule has 0 bridgehead atoms. The number of pyridine rings is 3. The van der Waals surface area contributed by atoms with Gasteiger partial charge in [-0.1, -0.05) is 72.8 Å². The summed E-state index contributed by atoms with van der Waals surface area (Å²) in [5, 5.41) is 28.0. The number of rotatable bonds is 7.